The van der Waals surface area contributed by atoms with Crippen molar-refractivity contribution in [3.63, 3.8) is 0 Å². The van der Waals surface area contributed by atoms with E-state index in [1.54, 1.807) is 10.7 Å². The molecule has 0 saturated carbocycles. The maximum Gasteiger partial charge on any atom is 0.324 e. The van der Waals surface area contributed by atoms with Crippen molar-refractivity contribution in [2.75, 3.05) is 10.6 Å². The Morgan fingerprint density at radius 2 is 1.92 bits per heavy atom. The highest BCUT2D eigenvalue weighted by molar-refractivity contribution is 6.00. The fraction of sp³-hybridized carbons (Fsp3) is 0.115. The molecule has 1 aliphatic carbocycles. The molecule has 11 heteroatoms. The summed E-state index contributed by atoms with van der Waals surface area (Å²) in [7, 11) is 0. The zero-order valence-corrected chi connectivity index (χ0v) is 19.4. The topological polar surface area (TPSA) is 127 Å². The number of para-hydroxylation sites is 1. The van der Waals surface area contributed by atoms with Crippen LogP contribution in [0.15, 0.2) is 71.8 Å². The number of aryl methyl sites for hydroxylation is 1. The molecule has 37 heavy (non-hydrogen) atoms. The average Bonchev–Trinajstić information content (AvgIpc) is 3.49. The number of carbonyl (C=O) groups excluding carboxylic acids is 1. The lowest BCUT2D eigenvalue weighted by Crippen LogP contribution is -2.22. The number of aromatic nitrogens is 5. The normalized spacial score (nSPS) is 12.4. The maximum atomic E-state index is 14.9. The van der Waals surface area contributed by atoms with Crippen LogP contribution in [0.1, 0.15) is 17.7 Å². The van der Waals surface area contributed by atoms with Crippen molar-refractivity contribution in [3.05, 3.63) is 94.4 Å². The van der Waals surface area contributed by atoms with Crippen LogP contribution in [0.3, 0.4) is 0 Å². The first-order valence-corrected chi connectivity index (χ1v) is 11.6. The summed E-state index contributed by atoms with van der Waals surface area (Å²) in [5.74, 6) is 0.368. The quantitative estimate of drug-likeness (QED) is 0.327. The zero-order valence-electron chi connectivity index (χ0n) is 19.4. The van der Waals surface area contributed by atoms with Crippen LogP contribution < -0.4 is 20.9 Å². The number of hydrogen-bond donors (Lipinski definition) is 3. The Bertz CT molecular complexity index is 1700. The van der Waals surface area contributed by atoms with Crippen molar-refractivity contribution in [3.8, 4) is 17.2 Å². The Hall–Kier alpha value is -5.06. The van der Waals surface area contributed by atoms with Crippen LogP contribution in [0, 0.1) is 5.82 Å². The lowest BCUT2D eigenvalue weighted by Gasteiger charge is -2.13. The first-order chi connectivity index (χ1) is 18.0. The van der Waals surface area contributed by atoms with Crippen LogP contribution in [-0.4, -0.2) is 30.8 Å². The number of ether oxygens (including phenoxy) is 1. The van der Waals surface area contributed by atoms with Crippen LogP contribution >= 0.6 is 0 Å². The van der Waals surface area contributed by atoms with E-state index in [2.05, 4.69) is 30.7 Å². The molecule has 0 fully saturated rings. The van der Waals surface area contributed by atoms with Gasteiger partial charge in [0.15, 0.2) is 11.4 Å². The van der Waals surface area contributed by atoms with Crippen molar-refractivity contribution in [1.82, 2.24) is 24.7 Å². The van der Waals surface area contributed by atoms with Gasteiger partial charge in [0.25, 0.3) is 5.56 Å². The van der Waals surface area contributed by atoms with Gasteiger partial charge in [0.1, 0.15) is 22.9 Å². The summed E-state index contributed by atoms with van der Waals surface area (Å²) in [6, 6.07) is 14.6. The molecule has 0 radical (unpaired) electrons. The maximum absolute atomic E-state index is 14.9. The number of nitrogens with zero attached hydrogens (tertiary/aromatic N) is 4. The molecular formula is C26H20FN7O3. The van der Waals surface area contributed by atoms with Gasteiger partial charge >= 0.3 is 6.03 Å². The third-order valence-corrected chi connectivity index (χ3v) is 6.00. The van der Waals surface area contributed by atoms with Crippen LogP contribution in [0.2, 0.25) is 0 Å². The number of aromatic amines is 1. The van der Waals surface area contributed by atoms with E-state index in [0.29, 0.717) is 17.1 Å². The number of halogens is 1. The van der Waals surface area contributed by atoms with E-state index < -0.39 is 17.4 Å². The Morgan fingerprint density at radius 3 is 2.76 bits per heavy atom. The predicted molar refractivity (Wildman–Crippen MR) is 135 cm³/mol. The number of nitrogens with one attached hydrogen (secondary N) is 3. The smallest absolute Gasteiger partial charge is 0.324 e. The van der Waals surface area contributed by atoms with Gasteiger partial charge in [0.2, 0.25) is 0 Å². The van der Waals surface area contributed by atoms with E-state index in [1.165, 1.54) is 18.3 Å². The molecule has 10 nitrogen and oxygen atoms in total. The molecule has 0 atom stereocenters. The van der Waals surface area contributed by atoms with Crippen molar-refractivity contribution in [1.29, 1.82) is 0 Å². The minimum Gasteiger partial charge on any atom is -0.455 e. The molecule has 3 heterocycles. The molecule has 6 rings (SSSR count). The summed E-state index contributed by atoms with van der Waals surface area (Å²) in [5.41, 5.74) is 2.93. The standard InChI is InChI=1S/C26H20FN7O3/c27-18-13-16(37-21-11-12-28-24-23(21)29-14-22(35)31-24)9-10-20(18)30-26(36)32-25-17-7-4-8-19(17)33-34(25)15-5-2-1-3-6-15/h1-3,5-6,9-14H,4,7-8H2,(H,28,31,35)(H2,30,32,36). The molecule has 1 aliphatic rings. The summed E-state index contributed by atoms with van der Waals surface area (Å²) < 4.78 is 22.4. The second-order valence-corrected chi connectivity index (χ2v) is 8.45. The number of pyridine rings is 1. The van der Waals surface area contributed by atoms with Gasteiger partial charge in [-0.15, -0.1) is 0 Å². The SMILES string of the molecule is O=C(Nc1ccc(Oc2ccnc3[nH]c(=O)cnc23)cc1F)Nc1c2c(nn1-c1ccccc1)CCC2. The average molecular weight is 497 g/mol. The highest BCUT2D eigenvalue weighted by Gasteiger charge is 2.24. The molecule has 0 aliphatic heterocycles. The van der Waals surface area contributed by atoms with E-state index in [9.17, 15) is 14.0 Å². The van der Waals surface area contributed by atoms with Crippen LogP contribution in [0.4, 0.5) is 20.7 Å². The lowest BCUT2D eigenvalue weighted by molar-refractivity contribution is 0.262. The lowest BCUT2D eigenvalue weighted by atomic mass is 10.2. The van der Waals surface area contributed by atoms with Gasteiger partial charge < -0.3 is 15.0 Å². The number of fused-ring (bicyclic) bond motifs is 2. The number of hydrogen-bond acceptors (Lipinski definition) is 6. The highest BCUT2D eigenvalue weighted by atomic mass is 19.1. The molecule has 2 aromatic carbocycles. The summed E-state index contributed by atoms with van der Waals surface area (Å²) in [5, 5.41) is 10.1. The van der Waals surface area contributed by atoms with Crippen LogP contribution in [0.25, 0.3) is 16.9 Å². The third kappa shape index (κ3) is 4.38. The van der Waals surface area contributed by atoms with Gasteiger partial charge in [-0.3, -0.25) is 10.1 Å². The second-order valence-electron chi connectivity index (χ2n) is 8.45. The van der Waals surface area contributed by atoms with Gasteiger partial charge in [-0.05, 0) is 43.5 Å². The summed E-state index contributed by atoms with van der Waals surface area (Å²) in [6.45, 7) is 0. The number of benzene rings is 2. The molecule has 3 N–H and O–H groups in total. The third-order valence-electron chi connectivity index (χ3n) is 6.00. The van der Waals surface area contributed by atoms with Gasteiger partial charge in [-0.2, -0.15) is 5.10 Å². The fourth-order valence-corrected chi connectivity index (χ4v) is 4.33. The van der Waals surface area contributed by atoms with Crippen molar-refractivity contribution in [2.24, 2.45) is 0 Å². The molecule has 5 aromatic rings. The highest BCUT2D eigenvalue weighted by Crippen LogP contribution is 2.32. The van der Waals surface area contributed by atoms with Crippen molar-refractivity contribution in [2.45, 2.75) is 19.3 Å². The Morgan fingerprint density at radius 1 is 1.05 bits per heavy atom. The molecule has 2 amide bonds. The molecule has 184 valence electrons. The largest absolute Gasteiger partial charge is 0.455 e. The van der Waals surface area contributed by atoms with E-state index in [0.717, 1.165) is 48.5 Å². The number of H-pyrrole nitrogens is 1. The summed E-state index contributed by atoms with van der Waals surface area (Å²) >= 11 is 0. The molecule has 0 spiro atoms. The number of amides is 2. The first-order valence-electron chi connectivity index (χ1n) is 11.6. The summed E-state index contributed by atoms with van der Waals surface area (Å²) in [6.07, 6.45) is 5.19. The Balaban J connectivity index is 1.21. The van der Waals surface area contributed by atoms with E-state index in [1.807, 2.05) is 30.3 Å². The Kier molecular flexibility index (Phi) is 5.56. The minimum atomic E-state index is -0.686. The van der Waals surface area contributed by atoms with Crippen molar-refractivity contribution >= 4 is 28.7 Å². The van der Waals surface area contributed by atoms with Gasteiger partial charge in [-0.25, -0.2) is 23.8 Å². The summed E-state index contributed by atoms with van der Waals surface area (Å²) in [4.78, 5) is 35.0. The molecule has 0 unspecified atom stereocenters. The molecular weight excluding hydrogens is 477 g/mol. The number of urea groups is 1. The van der Waals surface area contributed by atoms with Crippen LogP contribution in [-0.2, 0) is 12.8 Å². The zero-order chi connectivity index (χ0) is 25.4. The van der Waals surface area contributed by atoms with Crippen LogP contribution in [0.5, 0.6) is 11.5 Å². The minimum absolute atomic E-state index is 0.0192. The molecule has 3 aromatic heterocycles. The van der Waals surface area contributed by atoms with Crippen molar-refractivity contribution < 1.29 is 13.9 Å². The molecule has 0 bridgehead atoms. The fourth-order valence-electron chi connectivity index (χ4n) is 4.33. The van der Waals surface area contributed by atoms with Gasteiger partial charge in [0, 0.05) is 23.9 Å². The number of rotatable bonds is 5. The van der Waals surface area contributed by atoms with E-state index in [-0.39, 0.29) is 17.1 Å². The second kappa shape index (κ2) is 9.19. The van der Waals surface area contributed by atoms with Gasteiger partial charge in [0.05, 0.1) is 23.3 Å². The monoisotopic (exact) mass is 497 g/mol. The molecule has 0 saturated heterocycles. The van der Waals surface area contributed by atoms with Gasteiger partial charge in [-0.1, -0.05) is 18.2 Å². The Labute approximate surface area is 209 Å². The first kappa shape index (κ1) is 22.4. The van der Waals surface area contributed by atoms with E-state index >= 15 is 0 Å². The number of carbonyl (C=O) groups is 1. The van der Waals surface area contributed by atoms with E-state index in [4.69, 9.17) is 4.74 Å². The predicted octanol–water partition coefficient (Wildman–Crippen LogP) is 4.57. The number of anilines is 2.